The lowest BCUT2D eigenvalue weighted by molar-refractivity contribution is -0.130. The molecule has 1 aromatic heterocycles. The lowest BCUT2D eigenvalue weighted by atomic mass is 9.78. The van der Waals surface area contributed by atoms with Crippen LogP contribution in [0.5, 0.6) is 0 Å². The molecule has 110 valence electrons. The summed E-state index contributed by atoms with van der Waals surface area (Å²) in [5, 5.41) is 6.20. The van der Waals surface area contributed by atoms with Crippen molar-refractivity contribution in [1.82, 2.24) is 10.3 Å². The molecule has 0 unspecified atom stereocenters. The summed E-state index contributed by atoms with van der Waals surface area (Å²) >= 11 is 3.40. The Labute approximate surface area is 127 Å². The number of rotatable bonds is 4. The first-order valence-corrected chi connectivity index (χ1v) is 7.51. The number of anilines is 1. The Kier molecular flexibility index (Phi) is 5.12. The Bertz CT molecular complexity index is 482. The van der Waals surface area contributed by atoms with Crippen LogP contribution in [0, 0.1) is 12.3 Å². The summed E-state index contributed by atoms with van der Waals surface area (Å²) in [5.41, 5.74) is 0.400. The minimum Gasteiger partial charge on any atom is -0.384 e. The molecule has 2 rings (SSSR count). The third-order valence-electron chi connectivity index (χ3n) is 3.73. The van der Waals surface area contributed by atoms with E-state index in [1.165, 1.54) is 0 Å². The number of carbonyl (C=O) groups is 1. The third kappa shape index (κ3) is 3.37. The molecule has 1 fully saturated rings. The van der Waals surface area contributed by atoms with E-state index < -0.39 is 5.41 Å². The van der Waals surface area contributed by atoms with Crippen molar-refractivity contribution in [3.8, 4) is 0 Å². The zero-order chi connectivity index (χ0) is 14.6. The minimum absolute atomic E-state index is 0.00456. The highest BCUT2D eigenvalue weighted by Crippen LogP contribution is 2.30. The van der Waals surface area contributed by atoms with E-state index in [-0.39, 0.29) is 5.91 Å². The van der Waals surface area contributed by atoms with Gasteiger partial charge in [0.15, 0.2) is 0 Å². The van der Waals surface area contributed by atoms with Gasteiger partial charge in [-0.3, -0.25) is 4.79 Å². The summed E-state index contributed by atoms with van der Waals surface area (Å²) in [4.78, 5) is 17.0. The average molecular weight is 342 g/mol. The molecule has 1 aromatic rings. The van der Waals surface area contributed by atoms with Crippen LogP contribution in [0.2, 0.25) is 0 Å². The van der Waals surface area contributed by atoms with E-state index >= 15 is 0 Å². The first kappa shape index (κ1) is 15.4. The van der Waals surface area contributed by atoms with Crippen LogP contribution in [-0.4, -0.2) is 37.7 Å². The van der Waals surface area contributed by atoms with Gasteiger partial charge in [-0.2, -0.15) is 0 Å². The van der Waals surface area contributed by atoms with Crippen molar-refractivity contribution in [3.63, 3.8) is 0 Å². The molecule has 2 heterocycles. The van der Waals surface area contributed by atoms with E-state index in [1.54, 1.807) is 13.2 Å². The van der Waals surface area contributed by atoms with E-state index in [1.807, 2.05) is 13.0 Å². The van der Waals surface area contributed by atoms with Crippen LogP contribution < -0.4 is 10.6 Å². The molecule has 0 aromatic carbocycles. The van der Waals surface area contributed by atoms with Gasteiger partial charge < -0.3 is 15.4 Å². The maximum atomic E-state index is 12.6. The molecule has 1 aliphatic heterocycles. The van der Waals surface area contributed by atoms with Gasteiger partial charge in [-0.15, -0.1) is 0 Å². The monoisotopic (exact) mass is 341 g/mol. The van der Waals surface area contributed by atoms with Crippen LogP contribution in [0.1, 0.15) is 18.5 Å². The predicted molar refractivity (Wildman–Crippen MR) is 81.7 cm³/mol. The van der Waals surface area contributed by atoms with Crippen molar-refractivity contribution < 1.29 is 9.53 Å². The van der Waals surface area contributed by atoms with Gasteiger partial charge in [-0.25, -0.2) is 4.98 Å². The summed E-state index contributed by atoms with van der Waals surface area (Å²) in [6.45, 7) is 4.01. The highest BCUT2D eigenvalue weighted by atomic mass is 79.9. The summed E-state index contributed by atoms with van der Waals surface area (Å²) in [5.74, 6) is 0.583. The van der Waals surface area contributed by atoms with Crippen molar-refractivity contribution in [2.75, 3.05) is 32.1 Å². The summed E-state index contributed by atoms with van der Waals surface area (Å²) in [6.07, 6.45) is 1.56. The molecule has 6 heteroatoms. The van der Waals surface area contributed by atoms with E-state index in [0.29, 0.717) is 12.4 Å². The number of aryl methyl sites for hydroxylation is 1. The number of halogens is 1. The van der Waals surface area contributed by atoms with Crippen LogP contribution in [0.15, 0.2) is 16.6 Å². The van der Waals surface area contributed by atoms with Crippen LogP contribution >= 0.6 is 15.9 Å². The molecule has 5 nitrogen and oxygen atoms in total. The fourth-order valence-electron chi connectivity index (χ4n) is 2.48. The van der Waals surface area contributed by atoms with Gasteiger partial charge in [0.1, 0.15) is 5.82 Å². The van der Waals surface area contributed by atoms with Gasteiger partial charge in [0.2, 0.25) is 5.91 Å². The number of nitrogens with zero attached hydrogens (tertiary/aromatic N) is 1. The zero-order valence-corrected chi connectivity index (χ0v) is 13.4. The van der Waals surface area contributed by atoms with Gasteiger partial charge in [0, 0.05) is 11.6 Å². The smallest absolute Gasteiger partial charge is 0.234 e. The number of hydrogen-bond acceptors (Lipinski definition) is 4. The SMILES string of the molecule is COCC1(C(=O)Nc2ccc(Br)c(C)n2)CCNCC1. The summed E-state index contributed by atoms with van der Waals surface area (Å²) in [7, 11) is 1.64. The topological polar surface area (TPSA) is 63.2 Å². The number of amides is 1. The number of carbonyl (C=O) groups excluding carboxylic acids is 1. The second-order valence-electron chi connectivity index (χ2n) is 5.18. The first-order valence-electron chi connectivity index (χ1n) is 6.72. The number of methoxy groups -OCH3 is 1. The van der Waals surface area contributed by atoms with Gasteiger partial charge in [-0.1, -0.05) is 0 Å². The number of hydrogen-bond donors (Lipinski definition) is 2. The maximum absolute atomic E-state index is 12.6. The molecule has 0 atom stereocenters. The molecule has 2 N–H and O–H groups in total. The Morgan fingerprint density at radius 1 is 1.50 bits per heavy atom. The lowest BCUT2D eigenvalue weighted by Crippen LogP contribution is -2.47. The standard InChI is InChI=1S/C14H20BrN3O2/c1-10-11(15)3-4-12(17-10)18-13(19)14(9-20-2)5-7-16-8-6-14/h3-4,16H,5-9H2,1-2H3,(H,17,18,19). The van der Waals surface area contributed by atoms with E-state index in [0.717, 1.165) is 36.1 Å². The molecule has 0 aliphatic carbocycles. The Hall–Kier alpha value is -0.980. The van der Waals surface area contributed by atoms with Crippen LogP contribution in [-0.2, 0) is 9.53 Å². The fourth-order valence-corrected chi connectivity index (χ4v) is 2.70. The fraction of sp³-hybridized carbons (Fsp3) is 0.571. The lowest BCUT2D eigenvalue weighted by Gasteiger charge is -2.35. The minimum atomic E-state index is -0.456. The van der Waals surface area contributed by atoms with E-state index in [4.69, 9.17) is 4.74 Å². The van der Waals surface area contributed by atoms with Gasteiger partial charge in [0.05, 0.1) is 17.7 Å². The van der Waals surface area contributed by atoms with Crippen molar-refractivity contribution >= 4 is 27.7 Å². The molecule has 1 aliphatic rings. The quantitative estimate of drug-likeness (QED) is 0.880. The van der Waals surface area contributed by atoms with Crippen molar-refractivity contribution in [2.24, 2.45) is 5.41 Å². The van der Waals surface area contributed by atoms with Gasteiger partial charge in [-0.05, 0) is 60.9 Å². The molecule has 0 radical (unpaired) electrons. The van der Waals surface area contributed by atoms with Crippen LogP contribution in [0.3, 0.4) is 0 Å². The molecule has 20 heavy (non-hydrogen) atoms. The van der Waals surface area contributed by atoms with Crippen LogP contribution in [0.25, 0.3) is 0 Å². The maximum Gasteiger partial charge on any atom is 0.234 e. The van der Waals surface area contributed by atoms with Gasteiger partial charge in [0.25, 0.3) is 0 Å². The number of pyridine rings is 1. The second-order valence-corrected chi connectivity index (χ2v) is 6.04. The van der Waals surface area contributed by atoms with Crippen LogP contribution in [0.4, 0.5) is 5.82 Å². The van der Waals surface area contributed by atoms with Crippen molar-refractivity contribution in [1.29, 1.82) is 0 Å². The summed E-state index contributed by atoms with van der Waals surface area (Å²) < 4.78 is 6.20. The molecular weight excluding hydrogens is 322 g/mol. The predicted octanol–water partition coefficient (Wildman–Crippen LogP) is 2.11. The van der Waals surface area contributed by atoms with Gasteiger partial charge >= 0.3 is 0 Å². The molecule has 0 bridgehead atoms. The Balaban J connectivity index is 2.13. The average Bonchev–Trinajstić information content (AvgIpc) is 2.44. The largest absolute Gasteiger partial charge is 0.384 e. The zero-order valence-electron chi connectivity index (χ0n) is 11.8. The number of nitrogens with one attached hydrogen (secondary N) is 2. The van der Waals surface area contributed by atoms with Crippen molar-refractivity contribution in [2.45, 2.75) is 19.8 Å². The molecule has 1 amide bonds. The molecule has 0 spiro atoms. The number of piperidine rings is 1. The number of ether oxygens (including phenoxy) is 1. The first-order chi connectivity index (χ1) is 9.57. The third-order valence-corrected chi connectivity index (χ3v) is 4.56. The summed E-state index contributed by atoms with van der Waals surface area (Å²) in [6, 6.07) is 3.69. The Morgan fingerprint density at radius 2 is 2.20 bits per heavy atom. The van der Waals surface area contributed by atoms with E-state index in [9.17, 15) is 4.79 Å². The molecule has 1 saturated heterocycles. The van der Waals surface area contributed by atoms with Crippen molar-refractivity contribution in [3.05, 3.63) is 22.3 Å². The number of aromatic nitrogens is 1. The second kappa shape index (κ2) is 6.65. The Morgan fingerprint density at radius 3 is 2.80 bits per heavy atom. The highest BCUT2D eigenvalue weighted by molar-refractivity contribution is 9.10. The molecule has 0 saturated carbocycles. The highest BCUT2D eigenvalue weighted by Gasteiger charge is 2.39. The van der Waals surface area contributed by atoms with E-state index in [2.05, 4.69) is 31.5 Å². The normalized spacial score (nSPS) is 17.8. The molecular formula is C14H20BrN3O2.